The molecule has 1 unspecified atom stereocenters. The lowest BCUT2D eigenvalue weighted by atomic mass is 9.89. The average Bonchev–Trinajstić information content (AvgIpc) is 3.14. The minimum absolute atomic E-state index is 0.0326. The van der Waals surface area contributed by atoms with E-state index in [-0.39, 0.29) is 43.0 Å². The van der Waals surface area contributed by atoms with Crippen molar-refractivity contribution in [2.24, 2.45) is 23.3 Å². The van der Waals surface area contributed by atoms with Gasteiger partial charge in [0.1, 0.15) is 6.04 Å². The molecule has 0 aromatic heterocycles. The van der Waals surface area contributed by atoms with Crippen molar-refractivity contribution in [1.29, 1.82) is 0 Å². The number of ketones is 1. The number of nitrogens with zero attached hydrogens (tertiary/aromatic N) is 2. The fourth-order valence-corrected chi connectivity index (χ4v) is 6.62. The molecule has 52 heavy (non-hydrogen) atoms. The molecule has 1 aliphatic heterocycles. The maximum Gasteiger partial charge on any atom is 0.407 e. The van der Waals surface area contributed by atoms with Crippen LogP contribution in [0.25, 0.3) is 0 Å². The quantitative estimate of drug-likeness (QED) is 0.136. The lowest BCUT2D eigenvalue weighted by molar-refractivity contribution is -0.140. The second-order valence-corrected chi connectivity index (χ2v) is 14.0. The van der Waals surface area contributed by atoms with Gasteiger partial charge in [-0.1, -0.05) is 80.9 Å². The number of ether oxygens (including phenoxy) is 1. The van der Waals surface area contributed by atoms with Gasteiger partial charge in [0.15, 0.2) is 5.78 Å². The van der Waals surface area contributed by atoms with Crippen LogP contribution in [0.2, 0.25) is 0 Å². The highest BCUT2D eigenvalue weighted by Gasteiger charge is 2.34. The molecular formula is C39H59N7O6. The van der Waals surface area contributed by atoms with Crippen molar-refractivity contribution in [2.45, 2.75) is 89.4 Å². The lowest BCUT2D eigenvalue weighted by Crippen LogP contribution is -2.55. The molecular weight excluding hydrogens is 662 g/mol. The normalized spacial score (nSPS) is 15.6. The number of rotatable bonds is 19. The maximum absolute atomic E-state index is 14.1. The largest absolute Gasteiger partial charge is 0.453 e. The van der Waals surface area contributed by atoms with Crippen molar-refractivity contribution in [3.63, 3.8) is 0 Å². The Morgan fingerprint density at radius 2 is 1.54 bits per heavy atom. The van der Waals surface area contributed by atoms with E-state index in [0.717, 1.165) is 17.5 Å². The summed E-state index contributed by atoms with van der Waals surface area (Å²) in [6.07, 6.45) is 3.10. The number of carbonyl (C=O) groups excluding carboxylic acids is 5. The molecule has 1 heterocycles. The number of urea groups is 1. The number of hydrogen-bond acceptors (Lipinski definition) is 8. The van der Waals surface area contributed by atoms with Gasteiger partial charge in [0.25, 0.3) is 0 Å². The van der Waals surface area contributed by atoms with Gasteiger partial charge in [0.2, 0.25) is 11.8 Å². The molecule has 0 saturated carbocycles. The van der Waals surface area contributed by atoms with Crippen LogP contribution in [0.1, 0.15) is 76.0 Å². The molecule has 5 amide bonds. The number of Topliss-reactive ketones (excluding diaryl/α,β-unsaturated/α-hetero) is 1. The maximum atomic E-state index is 14.1. The van der Waals surface area contributed by atoms with Gasteiger partial charge in [-0.15, -0.1) is 0 Å². The molecule has 7 N–H and O–H groups in total. The molecule has 0 aliphatic carbocycles. The number of amides is 5. The van der Waals surface area contributed by atoms with Crippen LogP contribution in [-0.4, -0.2) is 98.0 Å². The Labute approximate surface area is 308 Å². The Morgan fingerprint density at radius 3 is 2.12 bits per heavy atom. The number of alkyl carbamates (subject to hydrolysis) is 1. The summed E-state index contributed by atoms with van der Waals surface area (Å²) >= 11 is 0. The summed E-state index contributed by atoms with van der Waals surface area (Å²) in [6.45, 7) is 5.50. The van der Waals surface area contributed by atoms with Crippen LogP contribution in [0.4, 0.5) is 9.59 Å². The number of nitrogens with one attached hydrogen (secondary N) is 3. The van der Waals surface area contributed by atoms with Crippen LogP contribution < -0.4 is 27.4 Å². The van der Waals surface area contributed by atoms with E-state index in [2.05, 4.69) is 16.0 Å². The fourth-order valence-electron chi connectivity index (χ4n) is 6.62. The van der Waals surface area contributed by atoms with Crippen molar-refractivity contribution in [2.75, 3.05) is 40.3 Å². The third-order valence-electron chi connectivity index (χ3n) is 9.62. The van der Waals surface area contributed by atoms with Gasteiger partial charge in [0.05, 0.1) is 19.2 Å². The van der Waals surface area contributed by atoms with E-state index in [1.54, 1.807) is 11.9 Å². The molecule has 1 aliphatic rings. The van der Waals surface area contributed by atoms with Gasteiger partial charge in [-0.05, 0) is 55.7 Å². The highest BCUT2D eigenvalue weighted by molar-refractivity contribution is 5.94. The second-order valence-electron chi connectivity index (χ2n) is 14.0. The predicted molar refractivity (Wildman–Crippen MR) is 201 cm³/mol. The molecule has 0 spiro atoms. The summed E-state index contributed by atoms with van der Waals surface area (Å²) in [4.78, 5) is 70.5. The van der Waals surface area contributed by atoms with Crippen LogP contribution in [0.5, 0.6) is 0 Å². The van der Waals surface area contributed by atoms with Crippen molar-refractivity contribution in [3.05, 3.63) is 71.8 Å². The minimum Gasteiger partial charge on any atom is -0.453 e. The molecule has 0 radical (unpaired) electrons. The van der Waals surface area contributed by atoms with E-state index >= 15 is 0 Å². The zero-order valence-electron chi connectivity index (χ0n) is 31.2. The van der Waals surface area contributed by atoms with Crippen LogP contribution in [0.3, 0.4) is 0 Å². The van der Waals surface area contributed by atoms with E-state index in [4.69, 9.17) is 16.2 Å². The number of unbranched alkanes of at least 4 members (excludes halogenated alkanes) is 1. The Morgan fingerprint density at radius 1 is 0.904 bits per heavy atom. The van der Waals surface area contributed by atoms with Crippen molar-refractivity contribution in [3.8, 4) is 0 Å². The Hall–Kier alpha value is -4.49. The fraction of sp³-hybridized carbons (Fsp3) is 0.564. The number of benzene rings is 2. The van der Waals surface area contributed by atoms with Gasteiger partial charge in [-0.2, -0.15) is 0 Å². The monoisotopic (exact) mass is 721 g/mol. The SMILES string of the molecule is COC(=O)NC1CCN(C(=O)[C@@H](CCCCN)CC(=O)[C@@H](CC(C)C)NC(=O)[C@@H](Cc2ccccc2)NC(=O)N(C)C(CN)c2ccccc2)CC1. The van der Waals surface area contributed by atoms with Crippen LogP contribution in [0, 0.1) is 11.8 Å². The van der Waals surface area contributed by atoms with Crippen LogP contribution >= 0.6 is 0 Å². The van der Waals surface area contributed by atoms with Gasteiger partial charge in [0, 0.05) is 51.5 Å². The summed E-state index contributed by atoms with van der Waals surface area (Å²) in [5, 5.41) is 8.67. The molecule has 13 heteroatoms. The van der Waals surface area contributed by atoms with E-state index in [0.29, 0.717) is 51.7 Å². The molecule has 13 nitrogen and oxygen atoms in total. The number of hydrogen-bond donors (Lipinski definition) is 5. The smallest absolute Gasteiger partial charge is 0.407 e. The topological polar surface area (TPSA) is 189 Å². The average molecular weight is 722 g/mol. The van der Waals surface area contributed by atoms with E-state index < -0.39 is 42.1 Å². The first kappa shape index (κ1) is 41.9. The Balaban J connectivity index is 1.78. The summed E-state index contributed by atoms with van der Waals surface area (Å²) in [7, 11) is 2.96. The van der Waals surface area contributed by atoms with Crippen LogP contribution in [-0.2, 0) is 25.5 Å². The lowest BCUT2D eigenvalue weighted by Gasteiger charge is -2.34. The molecule has 2 aromatic rings. The molecule has 2 aromatic carbocycles. The Bertz CT molecular complexity index is 1420. The van der Waals surface area contributed by atoms with E-state index in [1.807, 2.05) is 74.5 Å². The van der Waals surface area contributed by atoms with Gasteiger partial charge < -0.3 is 42.0 Å². The second kappa shape index (κ2) is 21.8. The highest BCUT2D eigenvalue weighted by Crippen LogP contribution is 2.23. The number of piperidine rings is 1. The van der Waals surface area contributed by atoms with Gasteiger partial charge >= 0.3 is 12.1 Å². The minimum atomic E-state index is -0.990. The number of carbonyl (C=O) groups is 5. The van der Waals surface area contributed by atoms with Crippen LogP contribution in [0.15, 0.2) is 60.7 Å². The molecule has 1 fully saturated rings. The first-order chi connectivity index (χ1) is 25.0. The summed E-state index contributed by atoms with van der Waals surface area (Å²) in [5.74, 6) is -1.34. The first-order valence-electron chi connectivity index (χ1n) is 18.5. The van der Waals surface area contributed by atoms with Crippen molar-refractivity contribution < 1.29 is 28.7 Å². The number of methoxy groups -OCH3 is 1. The number of nitrogens with two attached hydrogens (primary N) is 2. The molecule has 0 bridgehead atoms. The first-order valence-corrected chi connectivity index (χ1v) is 18.5. The molecule has 1 saturated heterocycles. The van der Waals surface area contributed by atoms with Gasteiger partial charge in [-0.25, -0.2) is 9.59 Å². The summed E-state index contributed by atoms with van der Waals surface area (Å²) < 4.78 is 4.71. The van der Waals surface area contributed by atoms with Crippen molar-refractivity contribution >= 4 is 29.7 Å². The molecule has 286 valence electrons. The number of likely N-dealkylation sites (N-methyl/N-ethyl adjacent to an activating group) is 1. The van der Waals surface area contributed by atoms with E-state index in [9.17, 15) is 24.0 Å². The number of likely N-dealkylation sites (tertiary alicyclic amines) is 1. The van der Waals surface area contributed by atoms with Gasteiger partial charge in [-0.3, -0.25) is 14.4 Å². The Kier molecular flexibility index (Phi) is 17.6. The van der Waals surface area contributed by atoms with E-state index in [1.165, 1.54) is 12.0 Å². The summed E-state index contributed by atoms with van der Waals surface area (Å²) in [5.41, 5.74) is 13.6. The highest BCUT2D eigenvalue weighted by atomic mass is 16.5. The predicted octanol–water partition coefficient (Wildman–Crippen LogP) is 3.52. The standard InChI is InChI=1S/C39H59N7O6/c1-27(2)23-32(35(47)25-30(17-11-12-20-40)37(49)46-21-18-31(19-22-46)42-39(51)52-4)43-36(48)33(24-28-13-7-5-8-14-28)44-38(50)45(3)34(26-41)29-15-9-6-10-16-29/h5-10,13-16,27,30-34H,11-12,17-26,40-41H2,1-4H3,(H,42,51)(H,43,48)(H,44,50)/t30-,32+,33+,34?/m0/s1. The zero-order valence-corrected chi connectivity index (χ0v) is 31.2. The molecule has 3 rings (SSSR count). The third kappa shape index (κ3) is 13.2. The summed E-state index contributed by atoms with van der Waals surface area (Å²) in [6, 6.07) is 16.0. The zero-order chi connectivity index (χ0) is 38.0. The third-order valence-corrected chi connectivity index (χ3v) is 9.62. The van der Waals surface area contributed by atoms with Crippen molar-refractivity contribution in [1.82, 2.24) is 25.8 Å². The molecule has 4 atom stereocenters.